The van der Waals surface area contributed by atoms with E-state index < -0.39 is 5.97 Å². The summed E-state index contributed by atoms with van der Waals surface area (Å²) in [7, 11) is 1.94. The van der Waals surface area contributed by atoms with Crippen molar-refractivity contribution in [1.82, 2.24) is 10.2 Å². The van der Waals surface area contributed by atoms with Crippen molar-refractivity contribution in [3.63, 3.8) is 0 Å². The smallest absolute Gasteiger partial charge is 0.307 e. The van der Waals surface area contributed by atoms with Crippen LogP contribution >= 0.6 is 0 Å². The summed E-state index contributed by atoms with van der Waals surface area (Å²) >= 11 is 0. The molecule has 0 aromatic rings. The molecule has 0 radical (unpaired) electrons. The van der Waals surface area contributed by atoms with E-state index in [0.29, 0.717) is 26.1 Å². The number of aliphatic carboxylic acids is 1. The van der Waals surface area contributed by atoms with Crippen LogP contribution in [0, 0.1) is 0 Å². The molecule has 0 bridgehead atoms. The lowest BCUT2D eigenvalue weighted by molar-refractivity contribution is -0.146. The summed E-state index contributed by atoms with van der Waals surface area (Å²) in [4.78, 5) is 34.1. The van der Waals surface area contributed by atoms with Crippen molar-refractivity contribution in [2.45, 2.75) is 45.7 Å². The molecule has 1 saturated heterocycles. The van der Waals surface area contributed by atoms with E-state index in [4.69, 9.17) is 19.4 Å². The summed E-state index contributed by atoms with van der Waals surface area (Å²) in [5, 5.41) is 10.7. The SMILES string of the molecule is CC(=O)O.CCOC(=O)C[C@H]1CNC[C@H](CC(=O)OCC)N1C. The van der Waals surface area contributed by atoms with Gasteiger partial charge in [-0.1, -0.05) is 0 Å². The standard InChI is InChI=1S/C13H24N2O4.C2H4O2/c1-4-18-12(16)6-10-8-14-9-11(15(10)3)7-13(17)19-5-2;1-2(3)4/h10-11,14H,4-9H2,1-3H3;1H3,(H,3,4)/t10-,11-;/m0./s1. The molecule has 23 heavy (non-hydrogen) atoms. The predicted octanol–water partition coefficient (Wildman–Crippen LogP) is 0.256. The number of rotatable bonds is 6. The highest BCUT2D eigenvalue weighted by Gasteiger charge is 2.30. The Hall–Kier alpha value is -1.67. The molecule has 1 aliphatic rings. The lowest BCUT2D eigenvalue weighted by Crippen LogP contribution is -2.56. The third-order valence-corrected chi connectivity index (χ3v) is 3.33. The normalized spacial score (nSPS) is 20.9. The lowest BCUT2D eigenvalue weighted by atomic mass is 10.0. The number of likely N-dealkylation sites (N-methyl/N-ethyl adjacent to an activating group) is 1. The molecule has 1 fully saturated rings. The van der Waals surface area contributed by atoms with Crippen molar-refractivity contribution in [2.24, 2.45) is 0 Å². The molecule has 8 heteroatoms. The molecule has 0 aromatic carbocycles. The van der Waals surface area contributed by atoms with Crippen molar-refractivity contribution in [3.8, 4) is 0 Å². The van der Waals surface area contributed by atoms with Crippen molar-refractivity contribution >= 4 is 17.9 Å². The zero-order valence-corrected chi connectivity index (χ0v) is 14.3. The first-order chi connectivity index (χ1) is 10.8. The van der Waals surface area contributed by atoms with Crippen LogP contribution in [0.3, 0.4) is 0 Å². The molecule has 0 spiro atoms. The summed E-state index contributed by atoms with van der Waals surface area (Å²) in [5.41, 5.74) is 0. The van der Waals surface area contributed by atoms with Gasteiger partial charge in [-0.15, -0.1) is 0 Å². The second-order valence-corrected chi connectivity index (χ2v) is 5.17. The van der Waals surface area contributed by atoms with Gasteiger partial charge in [-0.3, -0.25) is 19.3 Å². The van der Waals surface area contributed by atoms with Gasteiger partial charge in [0, 0.05) is 32.1 Å². The molecule has 0 aliphatic carbocycles. The molecular formula is C15H28N2O6. The Balaban J connectivity index is 0.00000108. The van der Waals surface area contributed by atoms with E-state index >= 15 is 0 Å². The molecule has 0 saturated carbocycles. The van der Waals surface area contributed by atoms with Gasteiger partial charge in [0.2, 0.25) is 0 Å². The minimum atomic E-state index is -0.833. The second-order valence-electron chi connectivity index (χ2n) is 5.17. The Morgan fingerprint density at radius 2 is 1.39 bits per heavy atom. The first kappa shape index (κ1) is 21.3. The number of ether oxygens (including phenoxy) is 2. The lowest BCUT2D eigenvalue weighted by Gasteiger charge is -2.39. The minimum Gasteiger partial charge on any atom is -0.481 e. The summed E-state index contributed by atoms with van der Waals surface area (Å²) in [5.74, 6) is -1.23. The number of hydrogen-bond donors (Lipinski definition) is 2. The Bertz CT molecular complexity index is 356. The van der Waals surface area contributed by atoms with E-state index in [1.807, 2.05) is 7.05 Å². The number of carboxylic acid groups (broad SMARTS) is 1. The Morgan fingerprint density at radius 3 is 1.70 bits per heavy atom. The highest BCUT2D eigenvalue weighted by atomic mass is 16.5. The van der Waals surface area contributed by atoms with Crippen LogP contribution in [-0.2, 0) is 23.9 Å². The first-order valence-corrected chi connectivity index (χ1v) is 7.75. The van der Waals surface area contributed by atoms with Crippen molar-refractivity contribution in [1.29, 1.82) is 0 Å². The zero-order valence-electron chi connectivity index (χ0n) is 14.3. The topological polar surface area (TPSA) is 105 Å². The molecular weight excluding hydrogens is 304 g/mol. The summed E-state index contributed by atoms with van der Waals surface area (Å²) in [6.45, 7) is 6.93. The van der Waals surface area contributed by atoms with Crippen LogP contribution in [0.25, 0.3) is 0 Å². The van der Waals surface area contributed by atoms with Crippen molar-refractivity contribution in [2.75, 3.05) is 33.4 Å². The Labute approximate surface area is 137 Å². The number of hydrogen-bond acceptors (Lipinski definition) is 7. The van der Waals surface area contributed by atoms with E-state index in [1.54, 1.807) is 13.8 Å². The largest absolute Gasteiger partial charge is 0.481 e. The molecule has 1 rings (SSSR count). The molecule has 1 aliphatic heterocycles. The fourth-order valence-electron chi connectivity index (χ4n) is 2.26. The average molecular weight is 332 g/mol. The molecule has 0 unspecified atom stereocenters. The molecule has 2 atom stereocenters. The zero-order chi connectivity index (χ0) is 17.8. The number of carbonyl (C=O) groups is 3. The maximum absolute atomic E-state index is 11.5. The van der Waals surface area contributed by atoms with Gasteiger partial charge in [-0.2, -0.15) is 0 Å². The van der Waals surface area contributed by atoms with Crippen LogP contribution in [0.1, 0.15) is 33.6 Å². The van der Waals surface area contributed by atoms with Crippen LogP contribution < -0.4 is 5.32 Å². The van der Waals surface area contributed by atoms with Gasteiger partial charge in [-0.25, -0.2) is 0 Å². The highest BCUT2D eigenvalue weighted by molar-refractivity contribution is 5.71. The Kier molecular flexibility index (Phi) is 11.0. The van der Waals surface area contributed by atoms with Crippen molar-refractivity contribution in [3.05, 3.63) is 0 Å². The van der Waals surface area contributed by atoms with Crippen LogP contribution in [-0.4, -0.2) is 73.3 Å². The number of piperazine rings is 1. The third kappa shape index (κ3) is 9.85. The predicted molar refractivity (Wildman–Crippen MR) is 84.0 cm³/mol. The first-order valence-electron chi connectivity index (χ1n) is 7.75. The molecule has 2 N–H and O–H groups in total. The van der Waals surface area contributed by atoms with Gasteiger partial charge in [0.05, 0.1) is 26.1 Å². The van der Waals surface area contributed by atoms with E-state index in [9.17, 15) is 9.59 Å². The number of esters is 2. The molecule has 8 nitrogen and oxygen atoms in total. The molecule has 0 aromatic heterocycles. The van der Waals surface area contributed by atoms with Gasteiger partial charge in [0.25, 0.3) is 5.97 Å². The monoisotopic (exact) mass is 332 g/mol. The number of carboxylic acids is 1. The van der Waals surface area contributed by atoms with Gasteiger partial charge < -0.3 is 19.9 Å². The van der Waals surface area contributed by atoms with Crippen molar-refractivity contribution < 1.29 is 29.0 Å². The molecule has 0 amide bonds. The highest BCUT2D eigenvalue weighted by Crippen LogP contribution is 2.14. The molecule has 134 valence electrons. The van der Waals surface area contributed by atoms with Crippen LogP contribution in [0.15, 0.2) is 0 Å². The van der Waals surface area contributed by atoms with Gasteiger partial charge in [0.15, 0.2) is 0 Å². The maximum atomic E-state index is 11.5. The quantitative estimate of drug-likeness (QED) is 0.667. The fraction of sp³-hybridized carbons (Fsp3) is 0.800. The maximum Gasteiger partial charge on any atom is 0.307 e. The molecule has 1 heterocycles. The summed E-state index contributed by atoms with van der Waals surface area (Å²) in [6, 6.07) is 0.124. The van der Waals surface area contributed by atoms with Gasteiger partial charge in [-0.05, 0) is 20.9 Å². The van der Waals surface area contributed by atoms with Gasteiger partial charge >= 0.3 is 11.9 Å². The minimum absolute atomic E-state index is 0.0622. The van der Waals surface area contributed by atoms with Gasteiger partial charge in [0.1, 0.15) is 0 Å². The average Bonchev–Trinajstić information content (AvgIpc) is 2.43. The second kappa shape index (κ2) is 11.8. The Morgan fingerprint density at radius 1 is 1.04 bits per heavy atom. The van der Waals surface area contributed by atoms with E-state index in [1.165, 1.54) is 0 Å². The van der Waals surface area contributed by atoms with E-state index in [2.05, 4.69) is 10.2 Å². The summed E-state index contributed by atoms with van der Waals surface area (Å²) in [6.07, 6.45) is 0.688. The summed E-state index contributed by atoms with van der Waals surface area (Å²) < 4.78 is 9.93. The third-order valence-electron chi connectivity index (χ3n) is 3.33. The van der Waals surface area contributed by atoms with E-state index in [0.717, 1.165) is 20.0 Å². The van der Waals surface area contributed by atoms with Crippen LogP contribution in [0.4, 0.5) is 0 Å². The van der Waals surface area contributed by atoms with Crippen LogP contribution in [0.5, 0.6) is 0 Å². The van der Waals surface area contributed by atoms with E-state index in [-0.39, 0.29) is 24.0 Å². The number of carbonyl (C=O) groups excluding carboxylic acids is 2. The number of nitrogens with one attached hydrogen (secondary N) is 1. The fourth-order valence-corrected chi connectivity index (χ4v) is 2.26. The van der Waals surface area contributed by atoms with Crippen LogP contribution in [0.2, 0.25) is 0 Å². The number of nitrogens with zero attached hydrogens (tertiary/aromatic N) is 1.